The van der Waals surface area contributed by atoms with Crippen molar-refractivity contribution in [3.05, 3.63) is 23.1 Å². The minimum Gasteiger partial charge on any atom is -0.480 e. The highest BCUT2D eigenvalue weighted by Gasteiger charge is 2.08. The van der Waals surface area contributed by atoms with Gasteiger partial charge in [0, 0.05) is 13.2 Å². The molecule has 2 aromatic rings. The average Bonchev–Trinajstić information content (AvgIpc) is 2.60. The van der Waals surface area contributed by atoms with Gasteiger partial charge in [-0.3, -0.25) is 4.68 Å². The Balaban J connectivity index is 2.27. The monoisotopic (exact) mass is 253 g/mol. The molecule has 0 spiro atoms. The van der Waals surface area contributed by atoms with E-state index in [1.165, 1.54) is 13.3 Å². The lowest BCUT2D eigenvalue weighted by molar-refractivity contribution is 0.398. The summed E-state index contributed by atoms with van der Waals surface area (Å²) in [6.07, 6.45) is 3.33. The summed E-state index contributed by atoms with van der Waals surface area (Å²) in [7, 11) is 3.36. The predicted molar refractivity (Wildman–Crippen MR) is 64.8 cm³/mol. The average molecular weight is 254 g/mol. The van der Waals surface area contributed by atoms with Crippen LogP contribution in [0.15, 0.2) is 12.4 Å². The standard InChI is InChI=1S/C10H12ClN5O/c1-6-8(5-16(2)15-6)13-10-12-4-7(11)9(14-10)17-3/h4-5H,1-3H3,(H,12,13,14). The van der Waals surface area contributed by atoms with E-state index < -0.39 is 0 Å². The van der Waals surface area contributed by atoms with Crippen LogP contribution in [0.4, 0.5) is 11.6 Å². The number of nitrogens with zero attached hydrogens (tertiary/aromatic N) is 4. The lowest BCUT2D eigenvalue weighted by Gasteiger charge is -2.05. The molecule has 6 nitrogen and oxygen atoms in total. The lowest BCUT2D eigenvalue weighted by Crippen LogP contribution is -1.99. The fraction of sp³-hybridized carbons (Fsp3) is 0.300. The predicted octanol–water partition coefficient (Wildman–Crippen LogP) is 1.92. The molecule has 2 aromatic heterocycles. The van der Waals surface area contributed by atoms with Gasteiger partial charge in [0.2, 0.25) is 11.8 Å². The van der Waals surface area contributed by atoms with Crippen LogP contribution in [0.3, 0.4) is 0 Å². The Morgan fingerprint density at radius 1 is 1.47 bits per heavy atom. The summed E-state index contributed by atoms with van der Waals surface area (Å²) in [6, 6.07) is 0. The van der Waals surface area contributed by atoms with E-state index in [1.807, 2.05) is 20.2 Å². The molecule has 7 heteroatoms. The van der Waals surface area contributed by atoms with Crippen LogP contribution < -0.4 is 10.1 Å². The van der Waals surface area contributed by atoms with Crippen molar-refractivity contribution < 1.29 is 4.74 Å². The van der Waals surface area contributed by atoms with Gasteiger partial charge in [-0.2, -0.15) is 10.1 Å². The number of ether oxygens (including phenoxy) is 1. The van der Waals surface area contributed by atoms with E-state index in [9.17, 15) is 0 Å². The summed E-state index contributed by atoms with van der Waals surface area (Å²) < 4.78 is 6.73. The molecule has 1 N–H and O–H groups in total. The Labute approximate surface area is 104 Å². The van der Waals surface area contributed by atoms with Crippen molar-refractivity contribution in [1.29, 1.82) is 0 Å². The minimum atomic E-state index is 0.339. The maximum absolute atomic E-state index is 5.84. The smallest absolute Gasteiger partial charge is 0.237 e. The highest BCUT2D eigenvalue weighted by molar-refractivity contribution is 6.31. The van der Waals surface area contributed by atoms with Crippen LogP contribution >= 0.6 is 11.6 Å². The Morgan fingerprint density at radius 2 is 2.24 bits per heavy atom. The number of aromatic nitrogens is 4. The summed E-state index contributed by atoms with van der Waals surface area (Å²) in [5.41, 5.74) is 1.71. The maximum atomic E-state index is 5.84. The topological polar surface area (TPSA) is 64.9 Å². The maximum Gasteiger partial charge on any atom is 0.237 e. The Kier molecular flexibility index (Phi) is 3.14. The minimum absolute atomic E-state index is 0.339. The quantitative estimate of drug-likeness (QED) is 0.905. The number of hydrogen-bond donors (Lipinski definition) is 1. The summed E-state index contributed by atoms with van der Waals surface area (Å²) in [4.78, 5) is 8.18. The molecular formula is C10H12ClN5O. The summed E-state index contributed by atoms with van der Waals surface area (Å²) in [6.45, 7) is 1.90. The van der Waals surface area contributed by atoms with Crippen LogP contribution in [0, 0.1) is 6.92 Å². The molecule has 0 fully saturated rings. The third kappa shape index (κ3) is 2.47. The first-order valence-corrected chi connectivity index (χ1v) is 5.31. The van der Waals surface area contributed by atoms with Crippen molar-refractivity contribution in [2.45, 2.75) is 6.92 Å². The zero-order chi connectivity index (χ0) is 12.4. The van der Waals surface area contributed by atoms with E-state index >= 15 is 0 Å². The number of nitrogens with one attached hydrogen (secondary N) is 1. The van der Waals surface area contributed by atoms with Gasteiger partial charge in [0.15, 0.2) is 0 Å². The van der Waals surface area contributed by atoms with E-state index in [0.29, 0.717) is 16.9 Å². The molecule has 2 rings (SSSR count). The van der Waals surface area contributed by atoms with Gasteiger partial charge < -0.3 is 10.1 Å². The summed E-state index contributed by atoms with van der Waals surface area (Å²) in [5.74, 6) is 0.757. The number of rotatable bonds is 3. The molecule has 0 aliphatic heterocycles. The van der Waals surface area contributed by atoms with E-state index in [4.69, 9.17) is 16.3 Å². The second-order valence-corrected chi connectivity index (χ2v) is 3.88. The van der Waals surface area contributed by atoms with Gasteiger partial charge in [-0.25, -0.2) is 4.98 Å². The molecule has 0 unspecified atom stereocenters. The van der Waals surface area contributed by atoms with Crippen LogP contribution in [0.5, 0.6) is 5.88 Å². The number of anilines is 2. The molecule has 0 aliphatic rings. The lowest BCUT2D eigenvalue weighted by atomic mass is 10.4. The van der Waals surface area contributed by atoms with E-state index in [2.05, 4.69) is 20.4 Å². The van der Waals surface area contributed by atoms with Gasteiger partial charge in [-0.15, -0.1) is 0 Å². The van der Waals surface area contributed by atoms with Crippen LogP contribution in [-0.4, -0.2) is 26.9 Å². The number of halogens is 1. The fourth-order valence-electron chi connectivity index (χ4n) is 1.40. The zero-order valence-corrected chi connectivity index (χ0v) is 10.5. The van der Waals surface area contributed by atoms with E-state index in [-0.39, 0.29) is 0 Å². The highest BCUT2D eigenvalue weighted by atomic mass is 35.5. The molecule has 0 bridgehead atoms. The van der Waals surface area contributed by atoms with Gasteiger partial charge in [0.05, 0.1) is 24.7 Å². The Bertz CT molecular complexity index is 539. The molecule has 0 saturated heterocycles. The van der Waals surface area contributed by atoms with E-state index in [1.54, 1.807) is 4.68 Å². The number of aryl methyl sites for hydroxylation is 2. The first kappa shape index (κ1) is 11.7. The first-order valence-electron chi connectivity index (χ1n) is 4.94. The second-order valence-electron chi connectivity index (χ2n) is 3.48. The van der Waals surface area contributed by atoms with Gasteiger partial charge in [0.1, 0.15) is 5.02 Å². The zero-order valence-electron chi connectivity index (χ0n) is 9.73. The number of methoxy groups -OCH3 is 1. The molecule has 90 valence electrons. The Morgan fingerprint density at radius 3 is 2.82 bits per heavy atom. The Hall–Kier alpha value is -1.82. The molecular weight excluding hydrogens is 242 g/mol. The SMILES string of the molecule is COc1nc(Nc2cn(C)nc2C)ncc1Cl. The van der Waals surface area contributed by atoms with Crippen LogP contribution in [0.2, 0.25) is 5.02 Å². The molecule has 0 amide bonds. The summed E-state index contributed by atoms with van der Waals surface area (Å²) >= 11 is 5.84. The fourth-order valence-corrected chi connectivity index (χ4v) is 1.57. The van der Waals surface area contributed by atoms with Gasteiger partial charge in [-0.05, 0) is 6.92 Å². The van der Waals surface area contributed by atoms with Crippen molar-refractivity contribution in [2.75, 3.05) is 12.4 Å². The molecule has 17 heavy (non-hydrogen) atoms. The third-order valence-electron chi connectivity index (χ3n) is 2.17. The van der Waals surface area contributed by atoms with Crippen LogP contribution in [0.1, 0.15) is 5.69 Å². The first-order chi connectivity index (χ1) is 8.10. The molecule has 0 atom stereocenters. The normalized spacial score (nSPS) is 10.4. The van der Waals surface area contributed by atoms with Crippen molar-refractivity contribution in [3.8, 4) is 5.88 Å². The van der Waals surface area contributed by atoms with Crippen LogP contribution in [0.25, 0.3) is 0 Å². The molecule has 0 aliphatic carbocycles. The third-order valence-corrected chi connectivity index (χ3v) is 2.42. The van der Waals surface area contributed by atoms with Crippen molar-refractivity contribution in [3.63, 3.8) is 0 Å². The van der Waals surface area contributed by atoms with Crippen molar-refractivity contribution in [1.82, 2.24) is 19.7 Å². The van der Waals surface area contributed by atoms with E-state index in [0.717, 1.165) is 11.4 Å². The molecule has 0 aromatic carbocycles. The van der Waals surface area contributed by atoms with Gasteiger partial charge in [0.25, 0.3) is 0 Å². The van der Waals surface area contributed by atoms with Crippen LogP contribution in [-0.2, 0) is 7.05 Å². The van der Waals surface area contributed by atoms with Gasteiger partial charge in [-0.1, -0.05) is 11.6 Å². The van der Waals surface area contributed by atoms with Crippen molar-refractivity contribution >= 4 is 23.2 Å². The molecule has 0 radical (unpaired) electrons. The molecule has 2 heterocycles. The second kappa shape index (κ2) is 4.58. The number of hydrogen-bond acceptors (Lipinski definition) is 5. The van der Waals surface area contributed by atoms with Crippen molar-refractivity contribution in [2.24, 2.45) is 7.05 Å². The largest absolute Gasteiger partial charge is 0.480 e. The van der Waals surface area contributed by atoms with Gasteiger partial charge >= 0.3 is 0 Å². The summed E-state index contributed by atoms with van der Waals surface area (Å²) in [5, 5.41) is 7.64. The molecule has 0 saturated carbocycles. The highest BCUT2D eigenvalue weighted by Crippen LogP contribution is 2.23.